The van der Waals surface area contributed by atoms with Gasteiger partial charge in [0.2, 0.25) is 0 Å². The average Bonchev–Trinajstić information content (AvgIpc) is 2.47. The summed E-state index contributed by atoms with van der Waals surface area (Å²) < 4.78 is 17.1. The summed E-state index contributed by atoms with van der Waals surface area (Å²) in [5.74, 6) is 0. The van der Waals surface area contributed by atoms with Gasteiger partial charge in [-0.05, 0) is 23.9 Å². The molecule has 0 saturated heterocycles. The third-order valence-corrected chi connectivity index (χ3v) is 1.98. The highest BCUT2D eigenvalue weighted by atomic mass is 32.2. The van der Waals surface area contributed by atoms with E-state index in [-0.39, 0.29) is 0 Å². The van der Waals surface area contributed by atoms with Crippen LogP contribution in [0.5, 0.6) is 0 Å². The molecule has 2 aromatic rings. The molecule has 1 aromatic heterocycles. The average molecular weight is 183 g/mol. The first-order valence-electron chi connectivity index (χ1n) is 3.44. The van der Waals surface area contributed by atoms with Crippen molar-refractivity contribution in [3.63, 3.8) is 0 Å². The van der Waals surface area contributed by atoms with E-state index in [2.05, 4.69) is 4.98 Å². The summed E-state index contributed by atoms with van der Waals surface area (Å²) in [5, 5.41) is 0.388. The maximum absolute atomic E-state index is 11.9. The van der Waals surface area contributed by atoms with Gasteiger partial charge >= 0.3 is 0 Å². The Hall–Kier alpha value is -1.03. The Bertz CT molecular complexity index is 354. The summed E-state index contributed by atoms with van der Waals surface area (Å²) >= 11 is 0.957. The lowest BCUT2D eigenvalue weighted by molar-refractivity contribution is 0.485. The van der Waals surface area contributed by atoms with Crippen LogP contribution in [0.1, 0.15) is 0 Å². The Kier molecular flexibility index (Phi) is 1.99. The number of oxazole rings is 1. The summed E-state index contributed by atoms with van der Waals surface area (Å²) in [6, 6.07) is 6.87. The third-order valence-electron chi connectivity index (χ3n) is 1.45. The fourth-order valence-corrected chi connectivity index (χ4v) is 1.36. The topological polar surface area (TPSA) is 26.0 Å². The van der Waals surface area contributed by atoms with Crippen LogP contribution < -0.4 is 0 Å². The van der Waals surface area contributed by atoms with E-state index in [0.717, 1.165) is 17.3 Å². The molecule has 0 aliphatic rings. The van der Waals surface area contributed by atoms with Crippen LogP contribution in [0.3, 0.4) is 0 Å². The van der Waals surface area contributed by atoms with Gasteiger partial charge in [0.15, 0.2) is 5.58 Å². The second-order valence-corrected chi connectivity index (χ2v) is 3.06. The fourth-order valence-electron chi connectivity index (χ4n) is 0.959. The molecule has 0 saturated carbocycles. The number of alkyl halides is 1. The molecule has 4 heteroatoms. The number of rotatable bonds is 2. The van der Waals surface area contributed by atoms with Crippen LogP contribution in [-0.2, 0) is 0 Å². The first kappa shape index (κ1) is 7.61. The molecule has 0 bridgehead atoms. The molecule has 0 radical (unpaired) electrons. The van der Waals surface area contributed by atoms with Crippen LogP contribution in [0.4, 0.5) is 4.39 Å². The summed E-state index contributed by atoms with van der Waals surface area (Å²) in [4.78, 5) is 4.06. The van der Waals surface area contributed by atoms with Crippen molar-refractivity contribution in [3.8, 4) is 0 Å². The standard InChI is InChI=1S/C8H6FNOS/c9-5-12-8-10-6-3-1-2-4-7(6)11-8/h1-4H,5H2. The lowest BCUT2D eigenvalue weighted by Crippen LogP contribution is -1.68. The molecule has 0 fully saturated rings. The number of fused-ring (bicyclic) bond motifs is 1. The first-order valence-corrected chi connectivity index (χ1v) is 4.43. The van der Waals surface area contributed by atoms with E-state index < -0.39 is 6.01 Å². The summed E-state index contributed by atoms with van der Waals surface area (Å²) in [6.45, 7) is 0. The smallest absolute Gasteiger partial charge is 0.259 e. The van der Waals surface area contributed by atoms with Gasteiger partial charge in [-0.15, -0.1) is 0 Å². The first-order chi connectivity index (χ1) is 5.90. The molecule has 0 N–H and O–H groups in total. The van der Waals surface area contributed by atoms with E-state index in [0.29, 0.717) is 10.8 Å². The van der Waals surface area contributed by atoms with Crippen molar-refractivity contribution in [3.05, 3.63) is 24.3 Å². The van der Waals surface area contributed by atoms with Crippen LogP contribution in [0.25, 0.3) is 11.1 Å². The number of thioether (sulfide) groups is 1. The Labute approximate surface area is 72.8 Å². The molecule has 0 atom stereocenters. The van der Waals surface area contributed by atoms with Gasteiger partial charge in [-0.2, -0.15) is 0 Å². The molecule has 1 heterocycles. The highest BCUT2D eigenvalue weighted by Gasteiger charge is 2.03. The van der Waals surface area contributed by atoms with Gasteiger partial charge in [-0.3, -0.25) is 0 Å². The van der Waals surface area contributed by atoms with Gasteiger partial charge in [-0.1, -0.05) is 12.1 Å². The number of benzene rings is 1. The van der Waals surface area contributed by atoms with E-state index in [1.807, 2.05) is 24.3 Å². The highest BCUT2D eigenvalue weighted by Crippen LogP contribution is 2.22. The lowest BCUT2D eigenvalue weighted by atomic mass is 10.3. The van der Waals surface area contributed by atoms with E-state index in [9.17, 15) is 4.39 Å². The van der Waals surface area contributed by atoms with Crippen molar-refractivity contribution in [2.24, 2.45) is 0 Å². The van der Waals surface area contributed by atoms with E-state index in [1.165, 1.54) is 0 Å². The van der Waals surface area contributed by atoms with Crippen molar-refractivity contribution in [2.45, 2.75) is 5.22 Å². The normalized spacial score (nSPS) is 10.8. The number of halogens is 1. The minimum absolute atomic E-state index is 0.388. The van der Waals surface area contributed by atoms with Crippen molar-refractivity contribution in [1.82, 2.24) is 4.98 Å². The quantitative estimate of drug-likeness (QED) is 0.669. The Morgan fingerprint density at radius 2 is 2.25 bits per heavy atom. The highest BCUT2D eigenvalue weighted by molar-refractivity contribution is 7.98. The number of hydrogen-bond acceptors (Lipinski definition) is 3. The number of hydrogen-bond donors (Lipinski definition) is 0. The third kappa shape index (κ3) is 1.30. The van der Waals surface area contributed by atoms with Crippen LogP contribution in [0, 0.1) is 0 Å². The van der Waals surface area contributed by atoms with Crippen LogP contribution in [0.15, 0.2) is 33.9 Å². The lowest BCUT2D eigenvalue weighted by Gasteiger charge is -1.82. The summed E-state index contributed by atoms with van der Waals surface area (Å²) in [5.41, 5.74) is 1.47. The van der Waals surface area contributed by atoms with Crippen molar-refractivity contribution >= 4 is 22.9 Å². The number of para-hydroxylation sites is 2. The van der Waals surface area contributed by atoms with Crippen molar-refractivity contribution in [2.75, 3.05) is 6.01 Å². The zero-order valence-corrected chi connectivity index (χ0v) is 6.97. The molecule has 62 valence electrons. The number of aromatic nitrogens is 1. The zero-order valence-electron chi connectivity index (χ0n) is 6.16. The fraction of sp³-hybridized carbons (Fsp3) is 0.125. The van der Waals surface area contributed by atoms with E-state index in [4.69, 9.17) is 4.42 Å². The Balaban J connectivity index is 2.47. The second-order valence-electron chi connectivity index (χ2n) is 2.20. The van der Waals surface area contributed by atoms with Gasteiger partial charge in [-0.25, -0.2) is 9.37 Å². The van der Waals surface area contributed by atoms with E-state index >= 15 is 0 Å². The second kappa shape index (κ2) is 3.15. The predicted molar refractivity (Wildman–Crippen MR) is 45.8 cm³/mol. The van der Waals surface area contributed by atoms with Crippen LogP contribution in [0.2, 0.25) is 0 Å². The summed E-state index contributed by atoms with van der Waals surface area (Å²) in [6.07, 6.45) is 0. The minimum Gasteiger partial charge on any atom is -0.431 e. The molecule has 1 aromatic carbocycles. The molecular formula is C8H6FNOS. The van der Waals surface area contributed by atoms with Gasteiger partial charge < -0.3 is 4.42 Å². The van der Waals surface area contributed by atoms with Gasteiger partial charge in [0.1, 0.15) is 11.5 Å². The Morgan fingerprint density at radius 1 is 1.42 bits per heavy atom. The Morgan fingerprint density at radius 3 is 3.00 bits per heavy atom. The van der Waals surface area contributed by atoms with Crippen LogP contribution >= 0.6 is 11.8 Å². The predicted octanol–water partition coefficient (Wildman–Crippen LogP) is 2.85. The van der Waals surface area contributed by atoms with Crippen molar-refractivity contribution in [1.29, 1.82) is 0 Å². The molecule has 0 unspecified atom stereocenters. The molecule has 2 rings (SSSR count). The minimum atomic E-state index is -0.507. The molecule has 0 amide bonds. The van der Waals surface area contributed by atoms with Gasteiger partial charge in [0.05, 0.1) is 0 Å². The van der Waals surface area contributed by atoms with Gasteiger partial charge in [0.25, 0.3) is 5.22 Å². The zero-order chi connectivity index (χ0) is 8.39. The molecule has 0 aliphatic carbocycles. The maximum Gasteiger partial charge on any atom is 0.259 e. The monoisotopic (exact) mass is 183 g/mol. The molecular weight excluding hydrogens is 177 g/mol. The van der Waals surface area contributed by atoms with Crippen molar-refractivity contribution < 1.29 is 8.81 Å². The molecule has 0 spiro atoms. The maximum atomic E-state index is 11.9. The SMILES string of the molecule is FCSc1nc2ccccc2o1. The summed E-state index contributed by atoms with van der Waals surface area (Å²) in [7, 11) is 0. The molecule has 2 nitrogen and oxygen atoms in total. The number of nitrogens with zero attached hydrogens (tertiary/aromatic N) is 1. The largest absolute Gasteiger partial charge is 0.431 e. The van der Waals surface area contributed by atoms with Crippen LogP contribution in [-0.4, -0.2) is 11.0 Å². The van der Waals surface area contributed by atoms with E-state index in [1.54, 1.807) is 0 Å². The molecule has 0 aliphatic heterocycles. The van der Waals surface area contributed by atoms with Gasteiger partial charge in [0, 0.05) is 0 Å². The molecule has 12 heavy (non-hydrogen) atoms.